The second-order valence-corrected chi connectivity index (χ2v) is 5.84. The molecular formula is C14H15BrN2O4. The van der Waals surface area contributed by atoms with E-state index >= 15 is 0 Å². The highest BCUT2D eigenvalue weighted by Crippen LogP contribution is 2.16. The molecule has 0 bridgehead atoms. The molecule has 1 aliphatic heterocycles. The molecule has 0 saturated carbocycles. The van der Waals surface area contributed by atoms with Crippen molar-refractivity contribution in [3.63, 3.8) is 0 Å². The van der Waals surface area contributed by atoms with E-state index in [1.54, 1.807) is 12.1 Å². The lowest BCUT2D eigenvalue weighted by Crippen LogP contribution is -2.39. The summed E-state index contributed by atoms with van der Waals surface area (Å²) >= 11 is 3.32. The van der Waals surface area contributed by atoms with Gasteiger partial charge in [0.15, 0.2) is 0 Å². The van der Waals surface area contributed by atoms with Crippen molar-refractivity contribution in [3.8, 4) is 0 Å². The van der Waals surface area contributed by atoms with Gasteiger partial charge in [-0.2, -0.15) is 0 Å². The van der Waals surface area contributed by atoms with Crippen LogP contribution in [-0.2, 0) is 11.3 Å². The number of rotatable bonds is 3. The molecule has 0 radical (unpaired) electrons. The Morgan fingerprint density at radius 3 is 2.67 bits per heavy atom. The molecule has 6 nitrogen and oxygen atoms in total. The minimum absolute atomic E-state index is 0.408. The minimum Gasteiger partial charge on any atom is -0.379 e. The maximum Gasteiger partial charge on any atom is 0.422 e. The number of hydrogen-bond donors (Lipinski definition) is 0. The van der Waals surface area contributed by atoms with Gasteiger partial charge >= 0.3 is 11.4 Å². The van der Waals surface area contributed by atoms with Gasteiger partial charge in [-0.05, 0) is 18.2 Å². The Hall–Kier alpha value is -1.44. The minimum atomic E-state index is -0.608. The zero-order valence-corrected chi connectivity index (χ0v) is 13.0. The molecule has 0 spiro atoms. The van der Waals surface area contributed by atoms with Crippen LogP contribution in [0.3, 0.4) is 0 Å². The van der Waals surface area contributed by atoms with Crippen molar-refractivity contribution in [3.05, 3.63) is 43.6 Å². The smallest absolute Gasteiger partial charge is 0.379 e. The Kier molecular flexibility index (Phi) is 4.23. The van der Waals surface area contributed by atoms with Crippen LogP contribution in [0, 0.1) is 0 Å². The Balaban J connectivity index is 1.94. The lowest BCUT2D eigenvalue weighted by molar-refractivity contribution is 0.0362. The summed E-state index contributed by atoms with van der Waals surface area (Å²) in [6, 6.07) is 5.25. The van der Waals surface area contributed by atoms with Crippen LogP contribution in [0.2, 0.25) is 0 Å². The molecule has 7 heteroatoms. The lowest BCUT2D eigenvalue weighted by Gasteiger charge is -2.26. The highest BCUT2D eigenvalue weighted by molar-refractivity contribution is 9.10. The van der Waals surface area contributed by atoms with Crippen LogP contribution < -0.4 is 11.4 Å². The number of nitrogens with zero attached hydrogens (tertiary/aromatic N) is 2. The fourth-order valence-corrected chi connectivity index (χ4v) is 2.83. The van der Waals surface area contributed by atoms with E-state index in [0.717, 1.165) is 24.1 Å². The summed E-state index contributed by atoms with van der Waals surface area (Å²) in [6.07, 6.45) is 0. The van der Waals surface area contributed by atoms with Gasteiger partial charge in [-0.1, -0.05) is 15.9 Å². The van der Waals surface area contributed by atoms with Gasteiger partial charge in [0.25, 0.3) is 0 Å². The van der Waals surface area contributed by atoms with Crippen LogP contribution in [-0.4, -0.2) is 42.3 Å². The molecule has 3 rings (SSSR count). The third-order valence-electron chi connectivity index (χ3n) is 3.61. The van der Waals surface area contributed by atoms with Gasteiger partial charge in [0.05, 0.1) is 24.1 Å². The predicted octanol–water partition coefficient (Wildman–Crippen LogP) is 1.05. The van der Waals surface area contributed by atoms with Crippen LogP contribution >= 0.6 is 15.9 Å². The summed E-state index contributed by atoms with van der Waals surface area (Å²) < 4.78 is 12.4. The van der Waals surface area contributed by atoms with E-state index in [1.165, 1.54) is 4.57 Å². The van der Waals surface area contributed by atoms with Crippen molar-refractivity contribution in [2.24, 2.45) is 0 Å². The van der Waals surface area contributed by atoms with Crippen molar-refractivity contribution in [2.45, 2.75) is 6.54 Å². The standard InChI is InChI=1S/C14H15BrN2O4/c15-10-1-2-12-11(9-10)13(18)21-14(19)17(12)4-3-16-5-7-20-8-6-16/h1-2,9H,3-8H2. The molecule has 0 N–H and O–H groups in total. The summed E-state index contributed by atoms with van der Waals surface area (Å²) in [5.41, 5.74) is 0.00614. The molecule has 0 amide bonds. The zero-order chi connectivity index (χ0) is 14.8. The van der Waals surface area contributed by atoms with E-state index in [1.807, 2.05) is 6.07 Å². The maximum absolute atomic E-state index is 12.0. The van der Waals surface area contributed by atoms with Crippen molar-refractivity contribution >= 4 is 26.8 Å². The van der Waals surface area contributed by atoms with Crippen LogP contribution in [0.25, 0.3) is 10.9 Å². The van der Waals surface area contributed by atoms with Crippen LogP contribution in [0.1, 0.15) is 0 Å². The van der Waals surface area contributed by atoms with Crippen molar-refractivity contribution in [1.82, 2.24) is 9.47 Å². The number of aromatic nitrogens is 1. The normalized spacial score (nSPS) is 16.4. The van der Waals surface area contributed by atoms with Crippen LogP contribution in [0.5, 0.6) is 0 Å². The van der Waals surface area contributed by atoms with Crippen molar-refractivity contribution in [1.29, 1.82) is 0 Å². The second-order valence-electron chi connectivity index (χ2n) is 4.92. The molecule has 0 aliphatic carbocycles. The molecule has 1 aliphatic rings. The van der Waals surface area contributed by atoms with Gasteiger partial charge in [0.1, 0.15) is 0 Å². The average molecular weight is 355 g/mol. The summed E-state index contributed by atoms with van der Waals surface area (Å²) in [5.74, 6) is -0.608. The number of fused-ring (bicyclic) bond motifs is 1. The van der Waals surface area contributed by atoms with Gasteiger partial charge in [0, 0.05) is 30.7 Å². The highest BCUT2D eigenvalue weighted by atomic mass is 79.9. The number of halogens is 1. The fourth-order valence-electron chi connectivity index (χ4n) is 2.47. The molecule has 0 atom stereocenters. The molecule has 112 valence electrons. The van der Waals surface area contributed by atoms with Gasteiger partial charge in [0.2, 0.25) is 0 Å². The largest absolute Gasteiger partial charge is 0.422 e. The third kappa shape index (κ3) is 3.09. The average Bonchev–Trinajstić information content (AvgIpc) is 2.48. The first kappa shape index (κ1) is 14.5. The first-order valence-electron chi connectivity index (χ1n) is 6.78. The highest BCUT2D eigenvalue weighted by Gasteiger charge is 2.13. The molecule has 21 heavy (non-hydrogen) atoms. The van der Waals surface area contributed by atoms with Gasteiger partial charge in [-0.3, -0.25) is 9.47 Å². The van der Waals surface area contributed by atoms with E-state index in [9.17, 15) is 9.59 Å². The first-order chi connectivity index (χ1) is 10.1. The van der Waals surface area contributed by atoms with Gasteiger partial charge < -0.3 is 9.15 Å². The Morgan fingerprint density at radius 2 is 1.90 bits per heavy atom. The van der Waals surface area contributed by atoms with E-state index in [-0.39, 0.29) is 0 Å². The molecule has 0 unspecified atom stereocenters. The van der Waals surface area contributed by atoms with Crippen LogP contribution in [0.4, 0.5) is 0 Å². The molecule has 2 heterocycles. The lowest BCUT2D eigenvalue weighted by atomic mass is 10.2. The SMILES string of the molecule is O=c1oc(=O)n(CCN2CCOCC2)c2ccc(Br)cc12. The number of morpholine rings is 1. The summed E-state index contributed by atoms with van der Waals surface area (Å²) in [6.45, 7) is 4.35. The van der Waals surface area contributed by atoms with Gasteiger partial charge in [-0.15, -0.1) is 0 Å². The number of hydrogen-bond acceptors (Lipinski definition) is 5. The number of ether oxygens (including phenoxy) is 1. The first-order valence-corrected chi connectivity index (χ1v) is 7.58. The summed E-state index contributed by atoms with van der Waals surface area (Å²) in [5, 5.41) is 0.408. The Labute approximate surface area is 129 Å². The Morgan fingerprint density at radius 1 is 1.14 bits per heavy atom. The molecule has 1 fully saturated rings. The molecule has 1 aromatic heterocycles. The number of benzene rings is 1. The Bertz CT molecular complexity index is 762. The molecule has 2 aromatic rings. The monoisotopic (exact) mass is 354 g/mol. The topological polar surface area (TPSA) is 64.7 Å². The summed E-state index contributed by atoms with van der Waals surface area (Å²) in [7, 11) is 0. The van der Waals surface area contributed by atoms with Crippen LogP contribution in [0.15, 0.2) is 36.7 Å². The van der Waals surface area contributed by atoms with E-state index in [4.69, 9.17) is 9.15 Å². The molecule has 1 saturated heterocycles. The molecular weight excluding hydrogens is 340 g/mol. The summed E-state index contributed by atoms with van der Waals surface area (Å²) in [4.78, 5) is 26.0. The van der Waals surface area contributed by atoms with E-state index < -0.39 is 11.4 Å². The maximum atomic E-state index is 12.0. The predicted molar refractivity (Wildman–Crippen MR) is 81.7 cm³/mol. The zero-order valence-electron chi connectivity index (χ0n) is 11.4. The van der Waals surface area contributed by atoms with E-state index in [2.05, 4.69) is 20.8 Å². The molecule has 1 aromatic carbocycles. The van der Waals surface area contributed by atoms with Crippen molar-refractivity contribution in [2.75, 3.05) is 32.8 Å². The quantitative estimate of drug-likeness (QED) is 0.824. The fraction of sp³-hybridized carbons (Fsp3) is 0.429. The van der Waals surface area contributed by atoms with E-state index in [0.29, 0.717) is 30.7 Å². The third-order valence-corrected chi connectivity index (χ3v) is 4.11. The van der Waals surface area contributed by atoms with Crippen molar-refractivity contribution < 1.29 is 9.15 Å². The second kappa shape index (κ2) is 6.13. The van der Waals surface area contributed by atoms with Gasteiger partial charge in [-0.25, -0.2) is 9.59 Å².